The lowest BCUT2D eigenvalue weighted by atomic mass is 9.73. The molecule has 1 aromatic rings. The fourth-order valence-corrected chi connectivity index (χ4v) is 4.11. The maximum absolute atomic E-state index is 12.9. The van der Waals surface area contributed by atoms with Crippen LogP contribution in [0.3, 0.4) is 0 Å². The van der Waals surface area contributed by atoms with Crippen molar-refractivity contribution in [3.8, 4) is 0 Å². The van der Waals surface area contributed by atoms with Gasteiger partial charge in [-0.1, -0.05) is 51.5 Å². The van der Waals surface area contributed by atoms with Crippen LogP contribution in [0.15, 0.2) is 41.7 Å². The minimum Gasteiger partial charge on any atom is -0.481 e. The fraction of sp³-hybridized carbons (Fsp3) is 0.607. The van der Waals surface area contributed by atoms with Gasteiger partial charge in [0.05, 0.1) is 30.1 Å². The Morgan fingerprint density at radius 1 is 1.14 bits per heavy atom. The summed E-state index contributed by atoms with van der Waals surface area (Å²) >= 11 is 0. The third-order valence-corrected chi connectivity index (χ3v) is 6.87. The lowest BCUT2D eigenvalue weighted by Gasteiger charge is -2.34. The molecule has 7 heteroatoms. The first-order valence-electron chi connectivity index (χ1n) is 12.3. The number of carboxylic acids is 1. The summed E-state index contributed by atoms with van der Waals surface area (Å²) in [4.78, 5) is 27.9. The average Bonchev–Trinajstić information content (AvgIpc) is 2.80. The molecule has 0 aliphatic carbocycles. The minimum absolute atomic E-state index is 0.135. The fourth-order valence-electron chi connectivity index (χ4n) is 4.11. The minimum atomic E-state index is -1.32. The van der Waals surface area contributed by atoms with Crippen LogP contribution in [0.2, 0.25) is 0 Å². The molecule has 4 N–H and O–H groups in total. The summed E-state index contributed by atoms with van der Waals surface area (Å²) in [5, 5.41) is 40.3. The largest absolute Gasteiger partial charge is 0.481 e. The maximum Gasteiger partial charge on any atom is 0.306 e. The molecule has 35 heavy (non-hydrogen) atoms. The molecule has 1 aromatic heterocycles. The number of rotatable bonds is 15. The van der Waals surface area contributed by atoms with Crippen molar-refractivity contribution in [2.24, 2.45) is 17.3 Å². The summed E-state index contributed by atoms with van der Waals surface area (Å²) in [7, 11) is 0. The van der Waals surface area contributed by atoms with Crippen molar-refractivity contribution < 1.29 is 30.0 Å². The molecular weight excluding hydrogens is 446 g/mol. The van der Waals surface area contributed by atoms with Crippen LogP contribution in [0.1, 0.15) is 79.2 Å². The van der Waals surface area contributed by atoms with Gasteiger partial charge in [-0.25, -0.2) is 0 Å². The SMILES string of the molecule is CC(=CC[C@H](O)C(C)=Cc1cccnc1)CCC[C@H](C)[C@H](O)[C@@H](C)C(=O)C(C)(C)[C@@H](O)CC(=O)O. The molecule has 7 nitrogen and oxygen atoms in total. The van der Waals surface area contributed by atoms with E-state index < -0.39 is 42.0 Å². The molecule has 0 aromatic carbocycles. The van der Waals surface area contributed by atoms with Crippen molar-refractivity contribution in [2.45, 2.75) is 92.0 Å². The number of hydrogen-bond donors (Lipinski definition) is 4. The molecule has 5 atom stereocenters. The van der Waals surface area contributed by atoms with E-state index in [4.69, 9.17) is 5.11 Å². The van der Waals surface area contributed by atoms with Crippen molar-refractivity contribution >= 4 is 17.8 Å². The van der Waals surface area contributed by atoms with E-state index in [1.54, 1.807) is 19.3 Å². The Morgan fingerprint density at radius 3 is 2.37 bits per heavy atom. The number of carboxylic acid groups (broad SMARTS) is 1. The molecule has 0 radical (unpaired) electrons. The molecule has 0 amide bonds. The summed E-state index contributed by atoms with van der Waals surface area (Å²) in [6.45, 7) is 10.5. The Kier molecular flexibility index (Phi) is 12.5. The number of aliphatic carboxylic acids is 1. The van der Waals surface area contributed by atoms with Crippen LogP contribution >= 0.6 is 0 Å². The van der Waals surface area contributed by atoms with E-state index in [0.29, 0.717) is 12.8 Å². The summed E-state index contributed by atoms with van der Waals surface area (Å²) in [5.41, 5.74) is 1.71. The number of aliphatic hydroxyl groups is 3. The second-order valence-electron chi connectivity index (χ2n) is 10.3. The number of hydrogen-bond acceptors (Lipinski definition) is 6. The second kappa shape index (κ2) is 14.3. The zero-order valence-electron chi connectivity index (χ0n) is 21.9. The molecule has 0 saturated carbocycles. The van der Waals surface area contributed by atoms with Gasteiger partial charge in [0, 0.05) is 18.3 Å². The Hall–Kier alpha value is -2.35. The van der Waals surface area contributed by atoms with E-state index in [-0.39, 0.29) is 11.7 Å². The lowest BCUT2D eigenvalue weighted by Crippen LogP contribution is -2.45. The van der Waals surface area contributed by atoms with Gasteiger partial charge in [-0.2, -0.15) is 0 Å². The monoisotopic (exact) mass is 489 g/mol. The molecule has 0 unspecified atom stereocenters. The van der Waals surface area contributed by atoms with Crippen LogP contribution in [0, 0.1) is 17.3 Å². The molecule has 1 rings (SSSR count). The maximum atomic E-state index is 12.9. The second-order valence-corrected chi connectivity index (χ2v) is 10.3. The number of carbonyl (C=O) groups is 2. The number of carbonyl (C=O) groups excluding carboxylic acids is 1. The number of Topliss-reactive ketones (excluding diaryl/α,β-unsaturated/α-hetero) is 1. The highest BCUT2D eigenvalue weighted by atomic mass is 16.4. The highest BCUT2D eigenvalue weighted by Crippen LogP contribution is 2.31. The van der Waals surface area contributed by atoms with Gasteiger partial charge in [-0.05, 0) is 62.7 Å². The zero-order chi connectivity index (χ0) is 26.8. The molecule has 0 spiro atoms. The summed E-state index contributed by atoms with van der Waals surface area (Å²) in [6.07, 6.45) is 7.01. The Labute approximate surface area is 209 Å². The van der Waals surface area contributed by atoms with E-state index in [1.807, 2.05) is 45.1 Å². The molecule has 0 aliphatic heterocycles. The van der Waals surface area contributed by atoms with Crippen LogP contribution in [0.5, 0.6) is 0 Å². The molecule has 196 valence electrons. The summed E-state index contributed by atoms with van der Waals surface area (Å²) in [5.74, 6) is -2.37. The van der Waals surface area contributed by atoms with E-state index in [9.17, 15) is 24.9 Å². The van der Waals surface area contributed by atoms with Gasteiger partial charge in [0.1, 0.15) is 5.78 Å². The number of aromatic nitrogens is 1. The number of aliphatic hydroxyl groups excluding tert-OH is 3. The molecule has 0 fully saturated rings. The predicted octanol–water partition coefficient (Wildman–Crippen LogP) is 4.42. The Bertz CT molecular complexity index is 877. The van der Waals surface area contributed by atoms with E-state index >= 15 is 0 Å². The van der Waals surface area contributed by atoms with Crippen molar-refractivity contribution in [3.05, 3.63) is 47.3 Å². The van der Waals surface area contributed by atoms with Gasteiger partial charge in [0.15, 0.2) is 0 Å². The number of pyridine rings is 1. The first-order valence-corrected chi connectivity index (χ1v) is 12.3. The smallest absolute Gasteiger partial charge is 0.306 e. The Morgan fingerprint density at radius 2 is 1.80 bits per heavy atom. The summed E-state index contributed by atoms with van der Waals surface area (Å²) in [6, 6.07) is 3.79. The molecule has 0 aliphatic rings. The van der Waals surface area contributed by atoms with Crippen molar-refractivity contribution in [2.75, 3.05) is 0 Å². The highest BCUT2D eigenvalue weighted by Gasteiger charge is 2.41. The van der Waals surface area contributed by atoms with Crippen LogP contribution in [-0.4, -0.2) is 55.5 Å². The first kappa shape index (κ1) is 30.7. The quantitative estimate of drug-likeness (QED) is 0.269. The third-order valence-electron chi connectivity index (χ3n) is 6.87. The van der Waals surface area contributed by atoms with Gasteiger partial charge in [0.2, 0.25) is 0 Å². The van der Waals surface area contributed by atoms with Gasteiger partial charge in [-0.3, -0.25) is 14.6 Å². The standard InChI is InChI=1S/C28H43NO6/c1-18(12-13-23(30)20(3)15-22-11-8-14-29-17-22)9-7-10-19(2)26(34)21(4)27(35)28(5,6)24(31)16-25(32)33/h8,11-12,14-15,17,19,21,23-24,26,30-31,34H,7,9-10,13,16H2,1-6H3,(H,32,33)/t19-,21+,23-,24-,26-/m0/s1. The van der Waals surface area contributed by atoms with Gasteiger partial charge in [-0.15, -0.1) is 0 Å². The average molecular weight is 490 g/mol. The number of nitrogens with zero attached hydrogens (tertiary/aromatic N) is 1. The molecule has 0 saturated heterocycles. The predicted molar refractivity (Wildman–Crippen MR) is 138 cm³/mol. The number of ketones is 1. The van der Waals surface area contributed by atoms with Crippen LogP contribution < -0.4 is 0 Å². The molecule has 1 heterocycles. The van der Waals surface area contributed by atoms with Crippen LogP contribution in [0.4, 0.5) is 0 Å². The first-order chi connectivity index (χ1) is 16.3. The number of allylic oxidation sites excluding steroid dienone is 1. The van der Waals surface area contributed by atoms with E-state index in [2.05, 4.69) is 4.98 Å². The van der Waals surface area contributed by atoms with Gasteiger partial charge in [0.25, 0.3) is 0 Å². The van der Waals surface area contributed by atoms with E-state index in [1.165, 1.54) is 13.8 Å². The van der Waals surface area contributed by atoms with Crippen LogP contribution in [-0.2, 0) is 9.59 Å². The van der Waals surface area contributed by atoms with Gasteiger partial charge >= 0.3 is 5.97 Å². The van der Waals surface area contributed by atoms with Crippen molar-refractivity contribution in [3.63, 3.8) is 0 Å². The normalized spacial score (nSPS) is 17.4. The summed E-state index contributed by atoms with van der Waals surface area (Å²) < 4.78 is 0. The third kappa shape index (κ3) is 10.0. The molecule has 0 bridgehead atoms. The van der Waals surface area contributed by atoms with Gasteiger partial charge < -0.3 is 20.4 Å². The van der Waals surface area contributed by atoms with Crippen molar-refractivity contribution in [1.29, 1.82) is 0 Å². The van der Waals surface area contributed by atoms with E-state index in [0.717, 1.165) is 29.6 Å². The lowest BCUT2D eigenvalue weighted by molar-refractivity contribution is -0.147. The molecular formula is C28H43NO6. The zero-order valence-corrected chi connectivity index (χ0v) is 21.9. The highest BCUT2D eigenvalue weighted by molar-refractivity contribution is 5.87. The van der Waals surface area contributed by atoms with Crippen LogP contribution in [0.25, 0.3) is 6.08 Å². The Balaban J connectivity index is 2.54. The topological polar surface area (TPSA) is 128 Å². The van der Waals surface area contributed by atoms with Crippen molar-refractivity contribution in [1.82, 2.24) is 4.98 Å².